The van der Waals surface area contributed by atoms with Crippen LogP contribution in [0.15, 0.2) is 36.9 Å². The fourth-order valence-corrected chi connectivity index (χ4v) is 3.83. The molecule has 2 aromatic heterocycles. The Balaban J connectivity index is 2.06. The van der Waals surface area contributed by atoms with Crippen LogP contribution in [0, 0.1) is 5.95 Å². The van der Waals surface area contributed by atoms with Gasteiger partial charge in [0.2, 0.25) is 17.8 Å². The molecule has 3 amide bonds. The third kappa shape index (κ3) is 4.94. The van der Waals surface area contributed by atoms with E-state index in [2.05, 4.69) is 16.5 Å². The highest BCUT2D eigenvalue weighted by atomic mass is 35.5. The fraction of sp³-hybridized carbons (Fsp3) is 0.318. The Kier molecular flexibility index (Phi) is 6.88. The summed E-state index contributed by atoms with van der Waals surface area (Å²) >= 11 is 6.27. The molecule has 1 atom stereocenters. The van der Waals surface area contributed by atoms with E-state index in [4.69, 9.17) is 11.6 Å². The maximum Gasteiger partial charge on any atom is 0.272 e. The molecule has 168 valence electrons. The second kappa shape index (κ2) is 9.44. The van der Waals surface area contributed by atoms with Gasteiger partial charge in [-0.2, -0.15) is 4.39 Å². The van der Waals surface area contributed by atoms with Crippen LogP contribution in [0.2, 0.25) is 5.15 Å². The van der Waals surface area contributed by atoms with Crippen LogP contribution in [0.3, 0.4) is 0 Å². The molecule has 3 rings (SSSR count). The van der Waals surface area contributed by atoms with Crippen LogP contribution in [-0.2, 0) is 9.59 Å². The smallest absolute Gasteiger partial charge is 0.272 e. The third-order valence-corrected chi connectivity index (χ3v) is 5.38. The van der Waals surface area contributed by atoms with Gasteiger partial charge in [0, 0.05) is 52.3 Å². The number of pyridine rings is 2. The lowest BCUT2D eigenvalue weighted by molar-refractivity contribution is -0.139. The summed E-state index contributed by atoms with van der Waals surface area (Å²) in [6.07, 6.45) is 1.23. The topological polar surface area (TPSA) is 86.7 Å². The van der Waals surface area contributed by atoms with Crippen molar-refractivity contribution in [1.29, 1.82) is 0 Å². The Morgan fingerprint density at radius 1 is 1.19 bits per heavy atom. The summed E-state index contributed by atoms with van der Waals surface area (Å²) in [7, 11) is 3.08. The number of nitrogens with zero attached hydrogens (tertiary/aromatic N) is 5. The van der Waals surface area contributed by atoms with Gasteiger partial charge in [-0.05, 0) is 29.8 Å². The molecule has 0 unspecified atom stereocenters. The molecular formula is C22H23ClFN5O3. The lowest BCUT2D eigenvalue weighted by Crippen LogP contribution is -2.51. The van der Waals surface area contributed by atoms with Crippen LogP contribution in [0.4, 0.5) is 4.39 Å². The molecule has 0 bridgehead atoms. The van der Waals surface area contributed by atoms with Gasteiger partial charge in [0.25, 0.3) is 5.91 Å². The molecule has 2 aromatic rings. The second-order valence-corrected chi connectivity index (χ2v) is 7.98. The van der Waals surface area contributed by atoms with Crippen molar-refractivity contribution in [1.82, 2.24) is 24.7 Å². The van der Waals surface area contributed by atoms with Crippen molar-refractivity contribution in [3.05, 3.63) is 59.3 Å². The number of halogens is 2. The predicted octanol–water partition coefficient (Wildman–Crippen LogP) is 2.56. The number of carbonyl (C=O) groups is 3. The van der Waals surface area contributed by atoms with Crippen LogP contribution in [-0.4, -0.2) is 76.1 Å². The van der Waals surface area contributed by atoms with Gasteiger partial charge in [0.1, 0.15) is 10.8 Å². The molecule has 32 heavy (non-hydrogen) atoms. The standard InChI is InChI=1S/C22H23ClFN5O3/c1-5-21(31)28-6-7-29(13(2)30)18(12-28)15-9-16(25-19(23)10-15)14-8-17(22(32)27(3)4)26-20(24)11-14/h5,8-11,18H,1,6-7,12H2,2-4H3/t18-/m0/s1. The first-order chi connectivity index (χ1) is 15.1. The minimum atomic E-state index is -0.832. The first-order valence-electron chi connectivity index (χ1n) is 9.86. The molecule has 8 nitrogen and oxygen atoms in total. The van der Waals surface area contributed by atoms with E-state index in [1.165, 1.54) is 24.0 Å². The summed E-state index contributed by atoms with van der Waals surface area (Å²) in [5.41, 5.74) is 1.20. The predicted molar refractivity (Wildman–Crippen MR) is 117 cm³/mol. The van der Waals surface area contributed by atoms with Crippen molar-refractivity contribution in [3.8, 4) is 11.3 Å². The first-order valence-corrected chi connectivity index (χ1v) is 10.2. The maximum atomic E-state index is 14.2. The number of carbonyl (C=O) groups excluding carboxylic acids is 3. The Labute approximate surface area is 190 Å². The summed E-state index contributed by atoms with van der Waals surface area (Å²) in [5, 5.41) is 0.130. The number of aromatic nitrogens is 2. The van der Waals surface area contributed by atoms with Crippen molar-refractivity contribution in [2.75, 3.05) is 33.7 Å². The minimum absolute atomic E-state index is 0.0703. The summed E-state index contributed by atoms with van der Waals surface area (Å²) < 4.78 is 14.2. The molecule has 0 saturated carbocycles. The molecule has 0 radical (unpaired) electrons. The Hall–Kier alpha value is -3.33. The van der Waals surface area contributed by atoms with Crippen molar-refractivity contribution in [2.45, 2.75) is 13.0 Å². The fourth-order valence-electron chi connectivity index (χ4n) is 3.61. The van der Waals surface area contributed by atoms with Gasteiger partial charge in [-0.1, -0.05) is 18.2 Å². The lowest BCUT2D eigenvalue weighted by Gasteiger charge is -2.41. The van der Waals surface area contributed by atoms with Crippen LogP contribution in [0.5, 0.6) is 0 Å². The number of hydrogen-bond donors (Lipinski definition) is 0. The third-order valence-electron chi connectivity index (χ3n) is 5.19. The van der Waals surface area contributed by atoms with E-state index in [1.54, 1.807) is 36.0 Å². The molecule has 0 spiro atoms. The van der Waals surface area contributed by atoms with E-state index in [9.17, 15) is 18.8 Å². The van der Waals surface area contributed by atoms with Gasteiger partial charge in [-0.15, -0.1) is 0 Å². The van der Waals surface area contributed by atoms with E-state index in [0.717, 1.165) is 6.07 Å². The molecular weight excluding hydrogens is 437 g/mol. The quantitative estimate of drug-likeness (QED) is 0.518. The van der Waals surface area contributed by atoms with E-state index in [0.29, 0.717) is 29.9 Å². The van der Waals surface area contributed by atoms with Gasteiger partial charge in [0.05, 0.1) is 11.7 Å². The minimum Gasteiger partial charge on any atom is -0.343 e. The van der Waals surface area contributed by atoms with Crippen LogP contribution in [0.25, 0.3) is 11.3 Å². The van der Waals surface area contributed by atoms with Gasteiger partial charge >= 0.3 is 0 Å². The molecule has 0 aromatic carbocycles. The zero-order chi connectivity index (χ0) is 23.6. The molecule has 1 saturated heterocycles. The summed E-state index contributed by atoms with van der Waals surface area (Å²) in [5.74, 6) is -1.67. The van der Waals surface area contributed by atoms with E-state index >= 15 is 0 Å². The Morgan fingerprint density at radius 3 is 2.53 bits per heavy atom. The average molecular weight is 460 g/mol. The van der Waals surface area contributed by atoms with Gasteiger partial charge in [-0.25, -0.2) is 9.97 Å². The van der Waals surface area contributed by atoms with Crippen molar-refractivity contribution in [2.24, 2.45) is 0 Å². The summed E-state index contributed by atoms with van der Waals surface area (Å²) in [6.45, 7) is 5.96. The lowest BCUT2D eigenvalue weighted by atomic mass is 10.00. The maximum absolute atomic E-state index is 14.2. The molecule has 0 aliphatic carbocycles. The number of hydrogen-bond acceptors (Lipinski definition) is 5. The molecule has 1 aliphatic heterocycles. The molecule has 1 aliphatic rings. The molecule has 3 heterocycles. The van der Waals surface area contributed by atoms with Crippen molar-refractivity contribution < 1.29 is 18.8 Å². The van der Waals surface area contributed by atoms with Gasteiger partial charge in [0.15, 0.2) is 0 Å². The van der Waals surface area contributed by atoms with E-state index in [-0.39, 0.29) is 29.2 Å². The zero-order valence-electron chi connectivity index (χ0n) is 18.0. The Morgan fingerprint density at radius 2 is 1.91 bits per heavy atom. The highest BCUT2D eigenvalue weighted by Gasteiger charge is 2.32. The summed E-state index contributed by atoms with van der Waals surface area (Å²) in [6, 6.07) is 5.40. The van der Waals surface area contributed by atoms with Crippen LogP contribution < -0.4 is 0 Å². The van der Waals surface area contributed by atoms with Gasteiger partial charge < -0.3 is 14.7 Å². The zero-order valence-corrected chi connectivity index (χ0v) is 18.8. The van der Waals surface area contributed by atoms with Gasteiger partial charge in [-0.3, -0.25) is 14.4 Å². The number of amides is 3. The SMILES string of the molecule is C=CC(=O)N1CCN(C(C)=O)[C@H](c2cc(Cl)nc(-c3cc(F)nc(C(=O)N(C)C)c3)c2)C1. The van der Waals surface area contributed by atoms with E-state index in [1.807, 2.05) is 0 Å². The number of piperazine rings is 1. The highest BCUT2D eigenvalue weighted by Crippen LogP contribution is 2.31. The first kappa shape index (κ1) is 23.3. The van der Waals surface area contributed by atoms with E-state index < -0.39 is 17.9 Å². The van der Waals surface area contributed by atoms with Crippen molar-refractivity contribution in [3.63, 3.8) is 0 Å². The van der Waals surface area contributed by atoms with Crippen LogP contribution in [0.1, 0.15) is 29.0 Å². The Bertz CT molecular complexity index is 1090. The largest absolute Gasteiger partial charge is 0.343 e. The number of rotatable bonds is 4. The van der Waals surface area contributed by atoms with Crippen LogP contribution >= 0.6 is 11.6 Å². The molecule has 0 N–H and O–H groups in total. The monoisotopic (exact) mass is 459 g/mol. The molecule has 1 fully saturated rings. The highest BCUT2D eigenvalue weighted by molar-refractivity contribution is 6.29. The molecule has 10 heteroatoms. The van der Waals surface area contributed by atoms with Crippen molar-refractivity contribution >= 4 is 29.3 Å². The normalized spacial score (nSPS) is 16.0. The average Bonchev–Trinajstić information content (AvgIpc) is 2.76. The second-order valence-electron chi connectivity index (χ2n) is 7.59. The summed E-state index contributed by atoms with van der Waals surface area (Å²) in [4.78, 5) is 49.1.